The van der Waals surface area contributed by atoms with Gasteiger partial charge in [0, 0.05) is 12.8 Å². The molecule has 358 valence electrons. The molecule has 0 saturated carbocycles. The summed E-state index contributed by atoms with van der Waals surface area (Å²) in [5.74, 6) is -2.07. The van der Waals surface area contributed by atoms with Crippen LogP contribution in [-0.2, 0) is 38.7 Å². The Bertz CT molecular complexity index is 1370. The number of hydrogen-bond acceptors (Lipinski definition) is 11. The van der Waals surface area contributed by atoms with Crippen LogP contribution >= 0.6 is 0 Å². The minimum absolute atomic E-state index is 0.0931. The van der Waals surface area contributed by atoms with E-state index in [-0.39, 0.29) is 19.4 Å². The third kappa shape index (κ3) is 32.9. The molecular formula is C49H84O12S. The predicted octanol–water partition coefficient (Wildman–Crippen LogP) is 10.1. The lowest BCUT2D eigenvalue weighted by molar-refractivity contribution is -0.297. The molecule has 4 N–H and O–H groups in total. The molecule has 1 aliphatic heterocycles. The van der Waals surface area contributed by atoms with E-state index >= 15 is 0 Å². The first-order valence-corrected chi connectivity index (χ1v) is 25.5. The van der Waals surface area contributed by atoms with Crippen molar-refractivity contribution in [2.45, 2.75) is 218 Å². The molecule has 1 fully saturated rings. The Morgan fingerprint density at radius 1 is 0.548 bits per heavy atom. The molecule has 0 amide bonds. The minimum atomic E-state index is -4.61. The molecule has 0 radical (unpaired) electrons. The zero-order valence-electron chi connectivity index (χ0n) is 38.2. The molecule has 2 unspecified atom stereocenters. The number of hydrogen-bond donors (Lipinski definition) is 4. The van der Waals surface area contributed by atoms with E-state index in [1.807, 2.05) is 6.08 Å². The largest absolute Gasteiger partial charge is 0.462 e. The van der Waals surface area contributed by atoms with Crippen molar-refractivity contribution in [1.29, 1.82) is 0 Å². The van der Waals surface area contributed by atoms with Gasteiger partial charge in [0.15, 0.2) is 12.4 Å². The second kappa shape index (κ2) is 38.8. The Hall–Kier alpha value is -2.65. The van der Waals surface area contributed by atoms with Gasteiger partial charge in [-0.1, -0.05) is 152 Å². The van der Waals surface area contributed by atoms with Gasteiger partial charge in [0.1, 0.15) is 36.8 Å². The number of ether oxygens (including phenoxy) is 4. The highest BCUT2D eigenvalue weighted by Crippen LogP contribution is 2.24. The van der Waals surface area contributed by atoms with Crippen molar-refractivity contribution in [3.05, 3.63) is 60.8 Å². The van der Waals surface area contributed by atoms with Crippen LogP contribution in [-0.4, -0.2) is 96.0 Å². The van der Waals surface area contributed by atoms with Crippen molar-refractivity contribution in [1.82, 2.24) is 0 Å². The molecule has 0 bridgehead atoms. The molecule has 62 heavy (non-hydrogen) atoms. The van der Waals surface area contributed by atoms with Gasteiger partial charge in [-0.2, -0.15) is 8.42 Å². The maximum absolute atomic E-state index is 12.8. The average molecular weight is 897 g/mol. The van der Waals surface area contributed by atoms with E-state index in [0.717, 1.165) is 57.8 Å². The van der Waals surface area contributed by atoms with Crippen molar-refractivity contribution < 1.29 is 56.8 Å². The van der Waals surface area contributed by atoms with Gasteiger partial charge in [-0.3, -0.25) is 14.1 Å². The Balaban J connectivity index is 2.48. The molecule has 0 aromatic rings. The molecule has 1 aliphatic rings. The zero-order valence-corrected chi connectivity index (χ0v) is 39.0. The molecule has 6 atom stereocenters. The van der Waals surface area contributed by atoms with Crippen LogP contribution in [0.5, 0.6) is 0 Å². The maximum Gasteiger partial charge on any atom is 0.306 e. The van der Waals surface area contributed by atoms with Gasteiger partial charge in [0.2, 0.25) is 0 Å². The van der Waals surface area contributed by atoms with E-state index < -0.39 is 71.2 Å². The number of carbonyl (C=O) groups excluding carboxylic acids is 2. The maximum atomic E-state index is 12.8. The number of aliphatic hydroxyl groups excluding tert-OH is 3. The van der Waals surface area contributed by atoms with Crippen LogP contribution in [0.1, 0.15) is 181 Å². The van der Waals surface area contributed by atoms with Crippen molar-refractivity contribution in [2.75, 3.05) is 19.0 Å². The summed E-state index contributed by atoms with van der Waals surface area (Å²) < 4.78 is 54.0. The summed E-state index contributed by atoms with van der Waals surface area (Å²) in [5, 5.41) is 30.9. The lowest BCUT2D eigenvalue weighted by atomic mass is 10.00. The lowest BCUT2D eigenvalue weighted by Crippen LogP contribution is -2.60. The standard InChI is InChI=1S/C49H84O12S/c1-3-5-7-9-11-13-15-17-19-21-23-25-27-29-31-33-35-37-44(50)58-39-42(40-59-49-48(54)47(53)46(52)43(61-49)41-62(55,56)57)60-45(51)38-36-34-32-30-28-26-24-22-20-18-16-14-12-10-8-6-4-2/h11,13,17,19,23-26,30,32,42-43,46-49,52-54H,3-10,12,14-16,18,20-22,27-29,31,33-41H2,1-2H3,(H,55,56,57)/b13-11+,19-17+,25-23+,26-24+,32-30+/t42-,43-,46-,47?,48?,49+/m1/s1. The summed E-state index contributed by atoms with van der Waals surface area (Å²) >= 11 is 0. The third-order valence-corrected chi connectivity index (χ3v) is 11.3. The number of carbonyl (C=O) groups is 2. The molecule has 0 aromatic heterocycles. The first-order chi connectivity index (χ1) is 30.0. The van der Waals surface area contributed by atoms with Crippen LogP contribution in [0.25, 0.3) is 0 Å². The number of aliphatic hydroxyl groups is 3. The Morgan fingerprint density at radius 3 is 1.52 bits per heavy atom. The van der Waals surface area contributed by atoms with Crippen LogP contribution in [0.15, 0.2) is 60.8 Å². The molecule has 1 heterocycles. The van der Waals surface area contributed by atoms with Gasteiger partial charge in [-0.05, 0) is 77.0 Å². The van der Waals surface area contributed by atoms with Gasteiger partial charge in [0.25, 0.3) is 10.1 Å². The van der Waals surface area contributed by atoms with Crippen molar-refractivity contribution in [2.24, 2.45) is 0 Å². The number of allylic oxidation sites excluding steroid dienone is 10. The highest BCUT2D eigenvalue weighted by molar-refractivity contribution is 7.85. The number of unbranched alkanes of at least 4 members (excludes halogenated alkanes) is 17. The molecule has 12 nitrogen and oxygen atoms in total. The smallest absolute Gasteiger partial charge is 0.306 e. The summed E-state index contributed by atoms with van der Waals surface area (Å²) in [6, 6.07) is 0. The highest BCUT2D eigenvalue weighted by Gasteiger charge is 2.46. The van der Waals surface area contributed by atoms with Crippen LogP contribution in [0.2, 0.25) is 0 Å². The lowest BCUT2D eigenvalue weighted by Gasteiger charge is -2.40. The van der Waals surface area contributed by atoms with Gasteiger partial charge in [-0.15, -0.1) is 0 Å². The summed E-state index contributed by atoms with van der Waals surface area (Å²) in [6.45, 7) is 3.68. The Labute approximate surface area is 375 Å². The summed E-state index contributed by atoms with van der Waals surface area (Å²) in [5.41, 5.74) is 0. The zero-order chi connectivity index (χ0) is 45.5. The molecular weight excluding hydrogens is 813 g/mol. The van der Waals surface area contributed by atoms with Gasteiger partial charge in [0.05, 0.1) is 6.61 Å². The predicted molar refractivity (Wildman–Crippen MR) is 247 cm³/mol. The first-order valence-electron chi connectivity index (χ1n) is 23.8. The van der Waals surface area contributed by atoms with Gasteiger partial charge >= 0.3 is 11.9 Å². The summed E-state index contributed by atoms with van der Waals surface area (Å²) in [6.07, 6.45) is 38.4. The number of esters is 2. The quantitative estimate of drug-likeness (QED) is 0.0198. The Morgan fingerprint density at radius 2 is 0.984 bits per heavy atom. The van der Waals surface area contributed by atoms with Crippen LogP contribution in [0, 0.1) is 0 Å². The summed E-state index contributed by atoms with van der Waals surface area (Å²) in [4.78, 5) is 25.4. The SMILES string of the molecule is CCCCC/C=C/C/C=C/C/C=C/CCCCCCC(=O)OC[C@H](CO[C@H]1O[C@H](CS(=O)(=O)O)[C@@H](O)C(O)C1O)OC(=O)CCC/C=C/C/C=C/CCCCCCCCCCC. The van der Waals surface area contributed by atoms with Gasteiger partial charge in [-0.25, -0.2) is 0 Å². The van der Waals surface area contributed by atoms with E-state index in [4.69, 9.17) is 18.9 Å². The fourth-order valence-corrected chi connectivity index (χ4v) is 7.53. The molecule has 0 spiro atoms. The fraction of sp³-hybridized carbons (Fsp3) is 0.755. The number of rotatable bonds is 39. The van der Waals surface area contributed by atoms with E-state index in [2.05, 4.69) is 68.5 Å². The van der Waals surface area contributed by atoms with Crippen molar-refractivity contribution >= 4 is 22.1 Å². The Kier molecular flexibility index (Phi) is 35.9. The van der Waals surface area contributed by atoms with Crippen molar-refractivity contribution in [3.8, 4) is 0 Å². The van der Waals surface area contributed by atoms with E-state index in [1.165, 1.54) is 77.0 Å². The minimum Gasteiger partial charge on any atom is -0.462 e. The van der Waals surface area contributed by atoms with Crippen LogP contribution < -0.4 is 0 Å². The third-order valence-electron chi connectivity index (χ3n) is 10.6. The van der Waals surface area contributed by atoms with Gasteiger partial charge < -0.3 is 34.3 Å². The summed E-state index contributed by atoms with van der Waals surface area (Å²) in [7, 11) is -4.61. The fourth-order valence-electron chi connectivity index (χ4n) is 6.84. The molecule has 1 saturated heterocycles. The van der Waals surface area contributed by atoms with Crippen LogP contribution in [0.3, 0.4) is 0 Å². The molecule has 0 aromatic carbocycles. The van der Waals surface area contributed by atoms with E-state index in [1.54, 1.807) is 0 Å². The van der Waals surface area contributed by atoms with E-state index in [9.17, 15) is 37.9 Å². The van der Waals surface area contributed by atoms with E-state index in [0.29, 0.717) is 19.3 Å². The second-order valence-electron chi connectivity index (χ2n) is 16.4. The molecule has 13 heteroatoms. The first kappa shape index (κ1) is 57.4. The topological polar surface area (TPSA) is 186 Å². The van der Waals surface area contributed by atoms with Crippen LogP contribution in [0.4, 0.5) is 0 Å². The monoisotopic (exact) mass is 897 g/mol. The average Bonchev–Trinajstić information content (AvgIpc) is 3.24. The second-order valence-corrected chi connectivity index (χ2v) is 17.9. The molecule has 0 aliphatic carbocycles. The normalized spacial score (nSPS) is 20.4. The van der Waals surface area contributed by atoms with Crippen molar-refractivity contribution in [3.63, 3.8) is 0 Å². The highest BCUT2D eigenvalue weighted by atomic mass is 32.2. The molecule has 1 rings (SSSR count).